The van der Waals surface area contributed by atoms with Crippen LogP contribution in [0.3, 0.4) is 0 Å². The second-order valence-corrected chi connectivity index (χ2v) is 7.14. The molecule has 0 spiro atoms. The number of nitrogens with one attached hydrogen (secondary N) is 1. The van der Waals surface area contributed by atoms with Crippen molar-refractivity contribution >= 4 is 11.6 Å². The first kappa shape index (κ1) is 22.1. The molecule has 0 atom stereocenters. The third-order valence-electron chi connectivity index (χ3n) is 4.61. The maximum atomic E-state index is 12.0. The molecule has 0 aliphatic rings. The van der Waals surface area contributed by atoms with E-state index in [2.05, 4.69) is 27.5 Å². The van der Waals surface area contributed by atoms with Crippen LogP contribution in [0.4, 0.5) is 0 Å². The molecule has 0 saturated heterocycles. The highest BCUT2D eigenvalue weighted by molar-refractivity contribution is 5.77. The summed E-state index contributed by atoms with van der Waals surface area (Å²) >= 11 is 0. The maximum Gasteiger partial charge on any atom is 0.258 e. The van der Waals surface area contributed by atoms with Gasteiger partial charge in [0.15, 0.2) is 18.1 Å². The van der Waals surface area contributed by atoms with Gasteiger partial charge in [-0.15, -0.1) is 15.3 Å². The van der Waals surface area contributed by atoms with Crippen molar-refractivity contribution in [3.63, 3.8) is 0 Å². The molecule has 2 aromatic carbocycles. The number of ether oxygens (including phenoxy) is 3. The molecular weight excluding hydrogens is 422 g/mol. The molecule has 0 saturated carbocycles. The molecule has 170 valence electrons. The molecule has 0 unspecified atom stereocenters. The van der Waals surface area contributed by atoms with Crippen LogP contribution in [0.15, 0.2) is 66.7 Å². The fraction of sp³-hybridized carbons (Fsp3) is 0.250. The predicted octanol–water partition coefficient (Wildman–Crippen LogP) is 3.15. The zero-order valence-electron chi connectivity index (χ0n) is 18.3. The number of benzene rings is 2. The van der Waals surface area contributed by atoms with Crippen molar-refractivity contribution in [3.05, 3.63) is 66.7 Å². The lowest BCUT2D eigenvalue weighted by Crippen LogP contribution is -2.32. The molecule has 0 aliphatic carbocycles. The summed E-state index contributed by atoms with van der Waals surface area (Å²) in [6.45, 7) is 3.22. The van der Waals surface area contributed by atoms with Crippen LogP contribution in [-0.4, -0.2) is 52.1 Å². The van der Waals surface area contributed by atoms with Crippen LogP contribution >= 0.6 is 0 Å². The lowest BCUT2D eigenvalue weighted by Gasteiger charge is -2.09. The summed E-state index contributed by atoms with van der Waals surface area (Å²) in [7, 11) is 0. The SMILES string of the molecule is CCCOc1ccc(OCC(=O)NCCOc2ccc3nnc(-c4ccccc4)n3n2)cc1. The first-order chi connectivity index (χ1) is 16.2. The van der Waals surface area contributed by atoms with E-state index in [0.717, 1.165) is 17.7 Å². The largest absolute Gasteiger partial charge is 0.494 e. The third kappa shape index (κ3) is 5.97. The summed E-state index contributed by atoms with van der Waals surface area (Å²) in [5, 5.41) is 15.6. The molecule has 0 bridgehead atoms. The minimum absolute atomic E-state index is 0.0828. The van der Waals surface area contributed by atoms with E-state index >= 15 is 0 Å². The molecule has 0 radical (unpaired) electrons. The maximum absolute atomic E-state index is 12.0. The van der Waals surface area contributed by atoms with E-state index in [4.69, 9.17) is 14.2 Å². The van der Waals surface area contributed by atoms with Crippen molar-refractivity contribution in [2.24, 2.45) is 0 Å². The summed E-state index contributed by atoms with van der Waals surface area (Å²) in [6, 6.07) is 20.4. The van der Waals surface area contributed by atoms with Gasteiger partial charge in [0.2, 0.25) is 5.88 Å². The topological polar surface area (TPSA) is 99.9 Å². The van der Waals surface area contributed by atoms with E-state index in [1.165, 1.54) is 0 Å². The zero-order chi connectivity index (χ0) is 22.9. The molecular formula is C24H25N5O4. The quantitative estimate of drug-likeness (QED) is 0.353. The van der Waals surface area contributed by atoms with E-state index in [1.54, 1.807) is 28.8 Å². The Bertz CT molecular complexity index is 1180. The Labute approximate surface area is 191 Å². The molecule has 1 amide bonds. The lowest BCUT2D eigenvalue weighted by molar-refractivity contribution is -0.123. The number of nitrogens with zero attached hydrogens (tertiary/aromatic N) is 4. The molecule has 9 nitrogen and oxygen atoms in total. The summed E-state index contributed by atoms with van der Waals surface area (Å²) in [4.78, 5) is 12.0. The van der Waals surface area contributed by atoms with Gasteiger partial charge in [-0.2, -0.15) is 4.52 Å². The van der Waals surface area contributed by atoms with E-state index in [-0.39, 0.29) is 19.1 Å². The number of aromatic nitrogens is 4. The molecule has 0 aliphatic heterocycles. The number of amides is 1. The number of carbonyl (C=O) groups is 1. The first-order valence-corrected chi connectivity index (χ1v) is 10.8. The van der Waals surface area contributed by atoms with Crippen molar-refractivity contribution in [2.45, 2.75) is 13.3 Å². The Morgan fingerprint density at radius 3 is 2.39 bits per heavy atom. The van der Waals surface area contributed by atoms with Gasteiger partial charge in [-0.25, -0.2) is 0 Å². The lowest BCUT2D eigenvalue weighted by atomic mass is 10.2. The highest BCUT2D eigenvalue weighted by atomic mass is 16.5. The minimum atomic E-state index is -0.238. The van der Waals surface area contributed by atoms with Gasteiger partial charge in [0.1, 0.15) is 18.1 Å². The number of fused-ring (bicyclic) bond motifs is 1. The van der Waals surface area contributed by atoms with Crippen molar-refractivity contribution in [1.82, 2.24) is 25.1 Å². The van der Waals surface area contributed by atoms with Crippen LogP contribution in [0.2, 0.25) is 0 Å². The fourth-order valence-corrected chi connectivity index (χ4v) is 3.01. The van der Waals surface area contributed by atoms with Crippen LogP contribution in [-0.2, 0) is 4.79 Å². The molecule has 2 aromatic heterocycles. The van der Waals surface area contributed by atoms with Crippen LogP contribution < -0.4 is 19.5 Å². The molecule has 33 heavy (non-hydrogen) atoms. The zero-order valence-corrected chi connectivity index (χ0v) is 18.3. The van der Waals surface area contributed by atoms with E-state index in [1.807, 2.05) is 42.5 Å². The van der Waals surface area contributed by atoms with E-state index in [9.17, 15) is 4.79 Å². The van der Waals surface area contributed by atoms with Crippen LogP contribution in [0.1, 0.15) is 13.3 Å². The molecule has 2 heterocycles. The minimum Gasteiger partial charge on any atom is -0.494 e. The van der Waals surface area contributed by atoms with E-state index < -0.39 is 0 Å². The van der Waals surface area contributed by atoms with Gasteiger partial charge in [-0.3, -0.25) is 4.79 Å². The van der Waals surface area contributed by atoms with Gasteiger partial charge in [-0.1, -0.05) is 37.3 Å². The Morgan fingerprint density at radius 2 is 1.64 bits per heavy atom. The third-order valence-corrected chi connectivity index (χ3v) is 4.61. The second-order valence-electron chi connectivity index (χ2n) is 7.14. The Kier molecular flexibility index (Phi) is 7.32. The number of hydrogen-bond acceptors (Lipinski definition) is 7. The Morgan fingerprint density at radius 1 is 0.879 bits per heavy atom. The van der Waals surface area contributed by atoms with Gasteiger partial charge < -0.3 is 19.5 Å². The molecule has 9 heteroatoms. The van der Waals surface area contributed by atoms with E-state index in [0.29, 0.717) is 36.3 Å². The summed E-state index contributed by atoms with van der Waals surface area (Å²) in [5.41, 5.74) is 1.53. The average Bonchev–Trinajstić information content (AvgIpc) is 3.28. The van der Waals surface area contributed by atoms with Gasteiger partial charge in [-0.05, 0) is 36.8 Å². The Hall–Kier alpha value is -4.14. The number of rotatable bonds is 11. The van der Waals surface area contributed by atoms with Crippen molar-refractivity contribution < 1.29 is 19.0 Å². The van der Waals surface area contributed by atoms with Gasteiger partial charge in [0, 0.05) is 11.6 Å². The summed E-state index contributed by atoms with van der Waals surface area (Å²) < 4.78 is 18.3. The van der Waals surface area contributed by atoms with Crippen LogP contribution in [0.5, 0.6) is 17.4 Å². The highest BCUT2D eigenvalue weighted by Crippen LogP contribution is 2.19. The second kappa shape index (κ2) is 10.9. The average molecular weight is 447 g/mol. The molecule has 1 N–H and O–H groups in total. The van der Waals surface area contributed by atoms with Gasteiger partial charge in [0.25, 0.3) is 5.91 Å². The normalized spacial score (nSPS) is 10.7. The number of carbonyl (C=O) groups excluding carboxylic acids is 1. The summed E-state index contributed by atoms with van der Waals surface area (Å²) in [6.07, 6.45) is 0.947. The van der Waals surface area contributed by atoms with Crippen LogP contribution in [0.25, 0.3) is 17.0 Å². The van der Waals surface area contributed by atoms with Gasteiger partial charge in [0.05, 0.1) is 13.2 Å². The fourth-order valence-electron chi connectivity index (χ4n) is 3.01. The number of hydrogen-bond donors (Lipinski definition) is 1. The molecule has 4 aromatic rings. The molecule has 0 fully saturated rings. The monoisotopic (exact) mass is 447 g/mol. The molecule has 4 rings (SSSR count). The highest BCUT2D eigenvalue weighted by Gasteiger charge is 2.10. The van der Waals surface area contributed by atoms with Crippen molar-refractivity contribution in [1.29, 1.82) is 0 Å². The van der Waals surface area contributed by atoms with Crippen molar-refractivity contribution in [2.75, 3.05) is 26.4 Å². The van der Waals surface area contributed by atoms with Crippen molar-refractivity contribution in [3.8, 4) is 28.8 Å². The smallest absolute Gasteiger partial charge is 0.258 e. The predicted molar refractivity (Wildman–Crippen MR) is 122 cm³/mol. The van der Waals surface area contributed by atoms with Crippen LogP contribution in [0, 0.1) is 0 Å². The first-order valence-electron chi connectivity index (χ1n) is 10.8. The van der Waals surface area contributed by atoms with Gasteiger partial charge >= 0.3 is 0 Å². The Balaban J connectivity index is 1.22. The summed E-state index contributed by atoms with van der Waals surface area (Å²) in [5.74, 6) is 2.19. The standard InChI is InChI=1S/C24H25N5O4/c1-2-15-31-19-8-10-20(11-9-19)33-17-22(30)25-14-16-32-23-13-12-21-26-27-24(29(21)28-23)18-6-4-3-5-7-18/h3-13H,2,14-17H2,1H3,(H,25,30).